The number of ether oxygens (including phenoxy) is 1. The lowest BCUT2D eigenvalue weighted by Crippen LogP contribution is -2.22. The van der Waals surface area contributed by atoms with Gasteiger partial charge in [-0.25, -0.2) is 4.39 Å². The highest BCUT2D eigenvalue weighted by atomic mass is 35.5. The first kappa shape index (κ1) is 10.3. The van der Waals surface area contributed by atoms with Crippen LogP contribution in [0.2, 0.25) is 5.02 Å². The fourth-order valence-corrected chi connectivity index (χ4v) is 1.00. The van der Waals surface area contributed by atoms with Crippen LogP contribution >= 0.6 is 11.6 Å². The molecule has 1 aromatic carbocycles. The minimum absolute atomic E-state index is 0.0571. The highest BCUT2D eigenvalue weighted by molar-refractivity contribution is 6.30. The third kappa shape index (κ3) is 2.86. The Morgan fingerprint density at radius 3 is 2.85 bits per heavy atom. The molecule has 4 heteroatoms. The van der Waals surface area contributed by atoms with E-state index in [0.717, 1.165) is 0 Å². The van der Waals surface area contributed by atoms with Crippen LogP contribution < -0.4 is 10.5 Å². The van der Waals surface area contributed by atoms with Gasteiger partial charge in [0.1, 0.15) is 17.7 Å². The number of rotatable bonds is 3. The van der Waals surface area contributed by atoms with Gasteiger partial charge in [-0.05, 0) is 19.1 Å². The van der Waals surface area contributed by atoms with Gasteiger partial charge in [0.25, 0.3) is 0 Å². The first-order valence-corrected chi connectivity index (χ1v) is 4.33. The van der Waals surface area contributed by atoms with Crippen molar-refractivity contribution in [2.45, 2.75) is 13.0 Å². The largest absolute Gasteiger partial charge is 0.489 e. The molecule has 0 spiro atoms. The fourth-order valence-electron chi connectivity index (χ4n) is 0.831. The number of hydrogen-bond donors (Lipinski definition) is 1. The number of halogens is 2. The maximum Gasteiger partial charge on any atom is 0.142 e. The third-order valence-electron chi connectivity index (χ3n) is 1.56. The van der Waals surface area contributed by atoms with Gasteiger partial charge in [-0.2, -0.15) is 0 Å². The van der Waals surface area contributed by atoms with Gasteiger partial charge in [0.05, 0.1) is 5.02 Å². The van der Waals surface area contributed by atoms with E-state index in [9.17, 15) is 4.39 Å². The molecule has 1 rings (SSSR count). The van der Waals surface area contributed by atoms with Gasteiger partial charge in [0.2, 0.25) is 0 Å². The summed E-state index contributed by atoms with van der Waals surface area (Å²) in [6.07, 6.45) is -0.0958. The van der Waals surface area contributed by atoms with Crippen molar-refractivity contribution in [2.24, 2.45) is 5.73 Å². The molecule has 1 aromatic rings. The highest BCUT2D eigenvalue weighted by Crippen LogP contribution is 2.21. The summed E-state index contributed by atoms with van der Waals surface area (Å²) in [7, 11) is 0. The van der Waals surface area contributed by atoms with Crippen LogP contribution in [0.1, 0.15) is 6.92 Å². The molecule has 0 heterocycles. The summed E-state index contributed by atoms with van der Waals surface area (Å²) in [5.41, 5.74) is 5.36. The summed E-state index contributed by atoms with van der Waals surface area (Å²) in [6.45, 7) is 2.24. The van der Waals surface area contributed by atoms with Crippen LogP contribution in [0, 0.1) is 5.82 Å². The predicted octanol–water partition coefficient (Wildman–Crippen LogP) is 2.21. The molecule has 0 saturated carbocycles. The molecule has 1 atom stereocenters. The minimum atomic E-state index is -0.450. The average molecular weight is 204 g/mol. The van der Waals surface area contributed by atoms with Gasteiger partial charge in [0, 0.05) is 12.6 Å². The molecule has 0 amide bonds. The topological polar surface area (TPSA) is 35.2 Å². The molecule has 0 aliphatic rings. The Morgan fingerprint density at radius 1 is 1.62 bits per heavy atom. The Balaban J connectivity index is 2.73. The van der Waals surface area contributed by atoms with E-state index < -0.39 is 5.82 Å². The molecule has 0 saturated heterocycles. The summed E-state index contributed by atoms with van der Waals surface area (Å²) in [5, 5.41) is 0.0571. The van der Waals surface area contributed by atoms with Crippen molar-refractivity contribution in [3.05, 3.63) is 29.0 Å². The van der Waals surface area contributed by atoms with Gasteiger partial charge in [-0.1, -0.05) is 11.6 Å². The summed E-state index contributed by atoms with van der Waals surface area (Å²) in [5.74, 6) is 0.0822. The monoisotopic (exact) mass is 203 g/mol. The molecule has 72 valence electrons. The van der Waals surface area contributed by atoms with E-state index in [2.05, 4.69) is 0 Å². The Hall–Kier alpha value is -0.800. The maximum absolute atomic E-state index is 12.7. The zero-order valence-corrected chi connectivity index (χ0v) is 8.01. The van der Waals surface area contributed by atoms with Crippen LogP contribution in [0.5, 0.6) is 5.75 Å². The molecule has 13 heavy (non-hydrogen) atoms. The Bertz CT molecular complexity index is 293. The van der Waals surface area contributed by atoms with Crippen molar-refractivity contribution >= 4 is 11.6 Å². The van der Waals surface area contributed by atoms with Crippen molar-refractivity contribution in [2.75, 3.05) is 6.54 Å². The van der Waals surface area contributed by atoms with E-state index in [0.29, 0.717) is 12.3 Å². The van der Waals surface area contributed by atoms with Crippen LogP contribution in [0.4, 0.5) is 4.39 Å². The summed E-state index contributed by atoms with van der Waals surface area (Å²) in [4.78, 5) is 0. The van der Waals surface area contributed by atoms with E-state index in [4.69, 9.17) is 22.1 Å². The third-order valence-corrected chi connectivity index (χ3v) is 1.85. The van der Waals surface area contributed by atoms with Crippen LogP contribution in [-0.2, 0) is 0 Å². The summed E-state index contributed by atoms with van der Waals surface area (Å²) in [6, 6.07) is 4.22. The standard InChI is InChI=1S/C9H11ClFNO/c1-6(5-12)13-7-2-3-9(11)8(10)4-7/h2-4,6H,5,12H2,1H3. The number of hydrogen-bond acceptors (Lipinski definition) is 2. The second kappa shape index (κ2) is 4.44. The van der Waals surface area contributed by atoms with E-state index in [1.54, 1.807) is 0 Å². The van der Waals surface area contributed by atoms with Gasteiger partial charge in [-0.3, -0.25) is 0 Å². The quantitative estimate of drug-likeness (QED) is 0.818. The van der Waals surface area contributed by atoms with Gasteiger partial charge < -0.3 is 10.5 Å². The molecule has 1 unspecified atom stereocenters. The van der Waals surface area contributed by atoms with Crippen molar-refractivity contribution in [3.8, 4) is 5.75 Å². The molecule has 0 aromatic heterocycles. The molecule has 2 nitrogen and oxygen atoms in total. The van der Waals surface area contributed by atoms with Crippen molar-refractivity contribution in [3.63, 3.8) is 0 Å². The van der Waals surface area contributed by atoms with Crippen LogP contribution in [0.15, 0.2) is 18.2 Å². The van der Waals surface area contributed by atoms with Crippen LogP contribution in [0.25, 0.3) is 0 Å². The van der Waals surface area contributed by atoms with E-state index in [-0.39, 0.29) is 11.1 Å². The molecular weight excluding hydrogens is 193 g/mol. The second-order valence-electron chi connectivity index (χ2n) is 2.74. The van der Waals surface area contributed by atoms with E-state index >= 15 is 0 Å². The molecule has 0 aliphatic carbocycles. The van der Waals surface area contributed by atoms with Gasteiger partial charge in [0.15, 0.2) is 0 Å². The van der Waals surface area contributed by atoms with Crippen molar-refractivity contribution in [1.29, 1.82) is 0 Å². The fraction of sp³-hybridized carbons (Fsp3) is 0.333. The van der Waals surface area contributed by atoms with Crippen LogP contribution in [0.3, 0.4) is 0 Å². The minimum Gasteiger partial charge on any atom is -0.489 e. The Morgan fingerprint density at radius 2 is 2.31 bits per heavy atom. The lowest BCUT2D eigenvalue weighted by atomic mass is 10.3. The van der Waals surface area contributed by atoms with Gasteiger partial charge in [-0.15, -0.1) is 0 Å². The predicted molar refractivity (Wildman–Crippen MR) is 50.6 cm³/mol. The van der Waals surface area contributed by atoms with E-state index in [1.165, 1.54) is 18.2 Å². The lowest BCUT2D eigenvalue weighted by molar-refractivity contribution is 0.229. The summed E-state index contributed by atoms with van der Waals surface area (Å²) >= 11 is 5.55. The molecule has 2 N–H and O–H groups in total. The maximum atomic E-state index is 12.7. The summed E-state index contributed by atoms with van der Waals surface area (Å²) < 4.78 is 18.0. The normalized spacial score (nSPS) is 12.6. The average Bonchev–Trinajstić information content (AvgIpc) is 2.11. The van der Waals surface area contributed by atoms with Crippen molar-refractivity contribution < 1.29 is 9.13 Å². The lowest BCUT2D eigenvalue weighted by Gasteiger charge is -2.12. The number of nitrogens with two attached hydrogens (primary N) is 1. The molecular formula is C9H11ClFNO. The zero-order valence-electron chi connectivity index (χ0n) is 7.26. The Kier molecular flexibility index (Phi) is 3.51. The molecule has 0 aliphatic heterocycles. The molecule has 0 fully saturated rings. The van der Waals surface area contributed by atoms with Gasteiger partial charge >= 0.3 is 0 Å². The SMILES string of the molecule is CC(CN)Oc1ccc(F)c(Cl)c1. The molecule has 0 bridgehead atoms. The first-order valence-electron chi connectivity index (χ1n) is 3.95. The second-order valence-corrected chi connectivity index (χ2v) is 3.15. The zero-order chi connectivity index (χ0) is 9.84. The smallest absolute Gasteiger partial charge is 0.142 e. The Labute approximate surface area is 81.4 Å². The van der Waals surface area contributed by atoms with Crippen molar-refractivity contribution in [1.82, 2.24) is 0 Å². The molecule has 0 radical (unpaired) electrons. The van der Waals surface area contributed by atoms with Crippen LogP contribution in [-0.4, -0.2) is 12.6 Å². The highest BCUT2D eigenvalue weighted by Gasteiger charge is 2.04. The van der Waals surface area contributed by atoms with E-state index in [1.807, 2.05) is 6.92 Å². The number of benzene rings is 1. The first-order chi connectivity index (χ1) is 6.13.